The first-order valence-electron chi connectivity index (χ1n) is 4.65. The molecule has 1 aliphatic heterocycles. The molecule has 12 heavy (non-hydrogen) atoms. The van der Waals surface area contributed by atoms with Crippen LogP contribution in [-0.2, 0) is 0 Å². The van der Waals surface area contributed by atoms with Crippen LogP contribution in [0.1, 0.15) is 25.7 Å². The maximum atomic E-state index is 5.97. The standard InChI is InChI=1S/C10H18N2/c1-3-6-9(11)10-7-4-5-8-12(10)2/h1,9-10H,4-8,11H2,2H3. The molecule has 2 N–H and O–H groups in total. The van der Waals surface area contributed by atoms with Crippen LogP contribution in [-0.4, -0.2) is 30.6 Å². The topological polar surface area (TPSA) is 29.3 Å². The summed E-state index contributed by atoms with van der Waals surface area (Å²) in [4.78, 5) is 2.34. The van der Waals surface area contributed by atoms with E-state index in [2.05, 4.69) is 17.9 Å². The third kappa shape index (κ3) is 2.23. The Morgan fingerprint density at radius 2 is 2.42 bits per heavy atom. The molecule has 0 aromatic heterocycles. The van der Waals surface area contributed by atoms with Gasteiger partial charge in [-0.2, -0.15) is 0 Å². The van der Waals surface area contributed by atoms with Gasteiger partial charge in [0.25, 0.3) is 0 Å². The molecule has 0 spiro atoms. The summed E-state index contributed by atoms with van der Waals surface area (Å²) in [7, 11) is 2.14. The molecule has 1 saturated heterocycles. The van der Waals surface area contributed by atoms with Crippen LogP contribution in [0.3, 0.4) is 0 Å². The zero-order valence-corrected chi connectivity index (χ0v) is 7.79. The first-order chi connectivity index (χ1) is 5.75. The van der Waals surface area contributed by atoms with Gasteiger partial charge in [-0.3, -0.25) is 0 Å². The molecule has 68 valence electrons. The highest BCUT2D eigenvalue weighted by Crippen LogP contribution is 2.17. The molecule has 2 heteroatoms. The van der Waals surface area contributed by atoms with E-state index in [0.717, 1.165) is 0 Å². The minimum absolute atomic E-state index is 0.167. The summed E-state index contributed by atoms with van der Waals surface area (Å²) in [5.41, 5.74) is 5.97. The summed E-state index contributed by atoms with van der Waals surface area (Å²) in [6.07, 6.45) is 9.74. The van der Waals surface area contributed by atoms with Crippen molar-refractivity contribution in [3.05, 3.63) is 0 Å². The molecule has 0 aromatic carbocycles. The van der Waals surface area contributed by atoms with Crippen LogP contribution in [0.5, 0.6) is 0 Å². The molecule has 1 heterocycles. The van der Waals surface area contributed by atoms with Gasteiger partial charge in [0.15, 0.2) is 0 Å². The van der Waals surface area contributed by atoms with E-state index in [0.29, 0.717) is 12.5 Å². The smallest absolute Gasteiger partial charge is 0.0307 e. The van der Waals surface area contributed by atoms with Crippen LogP contribution >= 0.6 is 0 Å². The SMILES string of the molecule is C#CCC(N)C1CCCCN1C. The molecule has 0 bridgehead atoms. The van der Waals surface area contributed by atoms with E-state index in [4.69, 9.17) is 12.2 Å². The van der Waals surface area contributed by atoms with Crippen molar-refractivity contribution in [1.82, 2.24) is 4.90 Å². The fourth-order valence-electron chi connectivity index (χ4n) is 1.91. The Morgan fingerprint density at radius 3 is 3.00 bits per heavy atom. The second-order valence-corrected chi connectivity index (χ2v) is 3.62. The lowest BCUT2D eigenvalue weighted by Gasteiger charge is -2.35. The van der Waals surface area contributed by atoms with Crippen molar-refractivity contribution in [1.29, 1.82) is 0 Å². The molecule has 1 fully saturated rings. The predicted octanol–water partition coefficient (Wildman–Crippen LogP) is 0.821. The molecule has 0 saturated carbocycles. The Morgan fingerprint density at radius 1 is 1.67 bits per heavy atom. The van der Waals surface area contributed by atoms with Gasteiger partial charge < -0.3 is 10.6 Å². The summed E-state index contributed by atoms with van der Waals surface area (Å²) in [5, 5.41) is 0. The van der Waals surface area contributed by atoms with Gasteiger partial charge in [-0.25, -0.2) is 0 Å². The van der Waals surface area contributed by atoms with Crippen molar-refractivity contribution in [3.8, 4) is 12.3 Å². The fourth-order valence-corrected chi connectivity index (χ4v) is 1.91. The molecular formula is C10H18N2. The normalized spacial score (nSPS) is 27.9. The lowest BCUT2D eigenvalue weighted by molar-refractivity contribution is 0.161. The summed E-state index contributed by atoms with van der Waals surface area (Å²) in [6.45, 7) is 1.17. The summed E-state index contributed by atoms with van der Waals surface area (Å²) in [6, 6.07) is 0.676. The van der Waals surface area contributed by atoms with Gasteiger partial charge in [0, 0.05) is 18.5 Å². The van der Waals surface area contributed by atoms with Crippen LogP contribution in [0, 0.1) is 12.3 Å². The fraction of sp³-hybridized carbons (Fsp3) is 0.800. The van der Waals surface area contributed by atoms with Crippen LogP contribution in [0.25, 0.3) is 0 Å². The highest BCUT2D eigenvalue weighted by molar-refractivity contribution is 4.94. The summed E-state index contributed by atoms with van der Waals surface area (Å²) < 4.78 is 0. The largest absolute Gasteiger partial charge is 0.326 e. The maximum absolute atomic E-state index is 5.97. The van der Waals surface area contributed by atoms with Crippen molar-refractivity contribution in [3.63, 3.8) is 0 Å². The number of hydrogen-bond donors (Lipinski definition) is 1. The first kappa shape index (κ1) is 9.57. The molecule has 0 aromatic rings. The Hall–Kier alpha value is -0.520. The van der Waals surface area contributed by atoms with E-state index in [1.165, 1.54) is 25.8 Å². The Bertz CT molecular complexity index is 171. The van der Waals surface area contributed by atoms with Gasteiger partial charge in [0.05, 0.1) is 0 Å². The molecule has 1 aliphatic rings. The molecular weight excluding hydrogens is 148 g/mol. The minimum atomic E-state index is 0.167. The van der Waals surface area contributed by atoms with Crippen molar-refractivity contribution >= 4 is 0 Å². The number of terminal acetylenes is 1. The number of piperidine rings is 1. The Balaban J connectivity index is 2.43. The lowest BCUT2D eigenvalue weighted by Crippen LogP contribution is -2.48. The molecule has 0 amide bonds. The average Bonchev–Trinajstić information content (AvgIpc) is 2.05. The quantitative estimate of drug-likeness (QED) is 0.615. The highest BCUT2D eigenvalue weighted by Gasteiger charge is 2.23. The molecule has 0 radical (unpaired) electrons. The number of likely N-dealkylation sites (tertiary alicyclic amines) is 1. The Kier molecular flexibility index (Phi) is 3.58. The van der Waals surface area contributed by atoms with Crippen molar-refractivity contribution in [2.75, 3.05) is 13.6 Å². The van der Waals surface area contributed by atoms with E-state index in [1.54, 1.807) is 0 Å². The van der Waals surface area contributed by atoms with Crippen molar-refractivity contribution < 1.29 is 0 Å². The lowest BCUT2D eigenvalue weighted by atomic mass is 9.95. The number of likely N-dealkylation sites (N-methyl/N-ethyl adjacent to an activating group) is 1. The monoisotopic (exact) mass is 166 g/mol. The molecule has 2 nitrogen and oxygen atoms in total. The van der Waals surface area contributed by atoms with Crippen LogP contribution < -0.4 is 5.73 Å². The second-order valence-electron chi connectivity index (χ2n) is 3.62. The van der Waals surface area contributed by atoms with Gasteiger partial charge in [-0.15, -0.1) is 12.3 Å². The van der Waals surface area contributed by atoms with Crippen molar-refractivity contribution in [2.45, 2.75) is 37.8 Å². The van der Waals surface area contributed by atoms with E-state index in [-0.39, 0.29) is 6.04 Å². The highest BCUT2D eigenvalue weighted by atomic mass is 15.1. The van der Waals surface area contributed by atoms with Crippen LogP contribution in [0.2, 0.25) is 0 Å². The zero-order chi connectivity index (χ0) is 8.97. The van der Waals surface area contributed by atoms with E-state index in [1.807, 2.05) is 0 Å². The van der Waals surface area contributed by atoms with E-state index < -0.39 is 0 Å². The van der Waals surface area contributed by atoms with Gasteiger partial charge in [0.2, 0.25) is 0 Å². The number of hydrogen-bond acceptors (Lipinski definition) is 2. The van der Waals surface area contributed by atoms with Crippen LogP contribution in [0.4, 0.5) is 0 Å². The van der Waals surface area contributed by atoms with Gasteiger partial charge in [-0.05, 0) is 26.4 Å². The molecule has 2 unspecified atom stereocenters. The van der Waals surface area contributed by atoms with Crippen LogP contribution in [0.15, 0.2) is 0 Å². The van der Waals surface area contributed by atoms with Gasteiger partial charge in [0.1, 0.15) is 0 Å². The third-order valence-corrected chi connectivity index (χ3v) is 2.67. The van der Waals surface area contributed by atoms with E-state index in [9.17, 15) is 0 Å². The molecule has 1 rings (SSSR count). The van der Waals surface area contributed by atoms with Gasteiger partial charge in [-0.1, -0.05) is 6.42 Å². The number of nitrogens with zero attached hydrogens (tertiary/aromatic N) is 1. The average molecular weight is 166 g/mol. The van der Waals surface area contributed by atoms with E-state index >= 15 is 0 Å². The Labute approximate surface area is 75.1 Å². The number of nitrogens with two attached hydrogens (primary N) is 1. The minimum Gasteiger partial charge on any atom is -0.326 e. The summed E-state index contributed by atoms with van der Waals surface area (Å²) >= 11 is 0. The zero-order valence-electron chi connectivity index (χ0n) is 7.79. The molecule has 2 atom stereocenters. The third-order valence-electron chi connectivity index (χ3n) is 2.67. The van der Waals surface area contributed by atoms with Crippen molar-refractivity contribution in [2.24, 2.45) is 5.73 Å². The predicted molar refractivity (Wildman–Crippen MR) is 51.7 cm³/mol. The molecule has 0 aliphatic carbocycles. The first-order valence-corrected chi connectivity index (χ1v) is 4.65. The van der Waals surface area contributed by atoms with Gasteiger partial charge >= 0.3 is 0 Å². The number of rotatable bonds is 2. The second kappa shape index (κ2) is 4.49. The summed E-state index contributed by atoms with van der Waals surface area (Å²) in [5.74, 6) is 2.63. The maximum Gasteiger partial charge on any atom is 0.0307 e.